The predicted molar refractivity (Wildman–Crippen MR) is 98.8 cm³/mol. The lowest BCUT2D eigenvalue weighted by atomic mass is 9.94. The second kappa shape index (κ2) is 9.57. The SMILES string of the molecule is CC(=O)NC(CC(=O)N[C@H]1CCCCC[C@H]1C(=O)O)c1ccc(Cl)cc1. The number of carbonyl (C=O) groups excluding carboxylic acids is 2. The van der Waals surface area contributed by atoms with Crippen molar-refractivity contribution in [2.24, 2.45) is 5.92 Å². The molecule has 1 saturated carbocycles. The molecule has 1 aromatic carbocycles. The number of hydrogen-bond donors (Lipinski definition) is 3. The van der Waals surface area contributed by atoms with E-state index in [-0.39, 0.29) is 24.3 Å². The Morgan fingerprint density at radius 3 is 2.42 bits per heavy atom. The quantitative estimate of drug-likeness (QED) is 0.661. The van der Waals surface area contributed by atoms with Gasteiger partial charge in [0, 0.05) is 18.0 Å². The van der Waals surface area contributed by atoms with Crippen molar-refractivity contribution < 1.29 is 19.5 Å². The third-order valence-electron chi connectivity index (χ3n) is 4.72. The third kappa shape index (κ3) is 6.02. The van der Waals surface area contributed by atoms with E-state index in [1.54, 1.807) is 24.3 Å². The first kappa shape index (κ1) is 20.2. The van der Waals surface area contributed by atoms with Crippen LogP contribution in [0.25, 0.3) is 0 Å². The molecule has 0 heterocycles. The third-order valence-corrected chi connectivity index (χ3v) is 4.97. The van der Waals surface area contributed by atoms with Crippen LogP contribution in [0.15, 0.2) is 24.3 Å². The molecule has 0 saturated heterocycles. The molecule has 0 spiro atoms. The molecule has 1 aliphatic rings. The minimum absolute atomic E-state index is 0.0457. The van der Waals surface area contributed by atoms with Gasteiger partial charge in [-0.1, -0.05) is 43.0 Å². The highest BCUT2D eigenvalue weighted by molar-refractivity contribution is 6.30. The van der Waals surface area contributed by atoms with Crippen molar-refractivity contribution in [3.05, 3.63) is 34.9 Å². The molecule has 26 heavy (non-hydrogen) atoms. The van der Waals surface area contributed by atoms with Gasteiger partial charge in [-0.05, 0) is 30.5 Å². The summed E-state index contributed by atoms with van der Waals surface area (Å²) in [5, 5.41) is 15.7. The second-order valence-electron chi connectivity index (χ2n) is 6.77. The Hall–Kier alpha value is -2.08. The topological polar surface area (TPSA) is 95.5 Å². The lowest BCUT2D eigenvalue weighted by Gasteiger charge is -2.25. The van der Waals surface area contributed by atoms with Crippen LogP contribution in [0.3, 0.4) is 0 Å². The summed E-state index contributed by atoms with van der Waals surface area (Å²) in [5.74, 6) is -1.93. The van der Waals surface area contributed by atoms with Gasteiger partial charge in [0.25, 0.3) is 0 Å². The number of rotatable bonds is 6. The summed E-state index contributed by atoms with van der Waals surface area (Å²) >= 11 is 5.90. The minimum Gasteiger partial charge on any atom is -0.481 e. The number of amides is 2. The van der Waals surface area contributed by atoms with E-state index in [1.807, 2.05) is 0 Å². The molecule has 1 aliphatic carbocycles. The predicted octanol–water partition coefficient (Wildman–Crippen LogP) is 3.06. The Labute approximate surface area is 158 Å². The molecule has 2 amide bonds. The smallest absolute Gasteiger partial charge is 0.308 e. The number of nitrogens with one attached hydrogen (secondary N) is 2. The van der Waals surface area contributed by atoms with Crippen LogP contribution in [0.5, 0.6) is 0 Å². The van der Waals surface area contributed by atoms with Gasteiger partial charge in [0.15, 0.2) is 0 Å². The summed E-state index contributed by atoms with van der Waals surface area (Å²) < 4.78 is 0. The van der Waals surface area contributed by atoms with Crippen molar-refractivity contribution in [2.45, 2.75) is 57.5 Å². The number of benzene rings is 1. The molecule has 1 fully saturated rings. The number of carboxylic acids is 1. The van der Waals surface area contributed by atoms with E-state index in [0.717, 1.165) is 24.8 Å². The lowest BCUT2D eigenvalue weighted by molar-refractivity contribution is -0.143. The van der Waals surface area contributed by atoms with Crippen LogP contribution in [0.2, 0.25) is 5.02 Å². The Morgan fingerprint density at radius 1 is 1.15 bits per heavy atom. The first-order valence-electron chi connectivity index (χ1n) is 8.91. The Morgan fingerprint density at radius 2 is 1.81 bits per heavy atom. The maximum atomic E-state index is 12.5. The summed E-state index contributed by atoms with van der Waals surface area (Å²) in [6, 6.07) is 6.08. The van der Waals surface area contributed by atoms with Crippen molar-refractivity contribution in [2.75, 3.05) is 0 Å². The standard InChI is InChI=1S/C19H25ClN2O4/c1-12(23)21-17(13-7-9-14(20)10-8-13)11-18(24)22-16-6-4-2-3-5-15(16)19(25)26/h7-10,15-17H,2-6,11H2,1H3,(H,21,23)(H,22,24)(H,25,26)/t15-,16+,17?/m1/s1. The normalized spacial score (nSPS) is 21.3. The summed E-state index contributed by atoms with van der Waals surface area (Å²) in [7, 11) is 0. The molecule has 0 bridgehead atoms. The average molecular weight is 381 g/mol. The zero-order valence-electron chi connectivity index (χ0n) is 14.8. The van der Waals surface area contributed by atoms with Gasteiger partial charge in [-0.3, -0.25) is 14.4 Å². The number of aliphatic carboxylic acids is 1. The van der Waals surface area contributed by atoms with Crippen molar-refractivity contribution in [1.29, 1.82) is 0 Å². The Bertz CT molecular complexity index is 647. The maximum Gasteiger partial charge on any atom is 0.308 e. The van der Waals surface area contributed by atoms with Crippen LogP contribution < -0.4 is 10.6 Å². The van der Waals surface area contributed by atoms with Crippen LogP contribution in [0, 0.1) is 5.92 Å². The van der Waals surface area contributed by atoms with Gasteiger partial charge in [0.2, 0.25) is 11.8 Å². The van der Waals surface area contributed by atoms with Gasteiger partial charge < -0.3 is 15.7 Å². The average Bonchev–Trinajstić information content (AvgIpc) is 2.80. The van der Waals surface area contributed by atoms with Crippen LogP contribution in [-0.2, 0) is 14.4 Å². The largest absolute Gasteiger partial charge is 0.481 e. The van der Waals surface area contributed by atoms with Gasteiger partial charge in [-0.25, -0.2) is 0 Å². The molecule has 3 atom stereocenters. The van der Waals surface area contributed by atoms with Crippen molar-refractivity contribution in [3.8, 4) is 0 Å². The molecule has 0 aliphatic heterocycles. The first-order chi connectivity index (χ1) is 12.4. The Balaban J connectivity index is 2.06. The molecule has 0 aromatic heterocycles. The van der Waals surface area contributed by atoms with Gasteiger partial charge in [-0.15, -0.1) is 0 Å². The molecule has 1 aromatic rings. The second-order valence-corrected chi connectivity index (χ2v) is 7.20. The van der Waals surface area contributed by atoms with E-state index in [2.05, 4.69) is 10.6 Å². The van der Waals surface area contributed by atoms with Crippen molar-refractivity contribution in [1.82, 2.24) is 10.6 Å². The number of hydrogen-bond acceptors (Lipinski definition) is 3. The molecule has 3 N–H and O–H groups in total. The summed E-state index contributed by atoms with van der Waals surface area (Å²) in [6.45, 7) is 1.40. The minimum atomic E-state index is -0.867. The molecule has 6 nitrogen and oxygen atoms in total. The fraction of sp³-hybridized carbons (Fsp3) is 0.526. The first-order valence-corrected chi connectivity index (χ1v) is 9.29. The fourth-order valence-corrected chi connectivity index (χ4v) is 3.55. The zero-order chi connectivity index (χ0) is 19.1. The van der Waals surface area contributed by atoms with Crippen LogP contribution in [-0.4, -0.2) is 28.9 Å². The summed E-state index contributed by atoms with van der Waals surface area (Å²) in [4.78, 5) is 35.5. The highest BCUT2D eigenvalue weighted by Gasteiger charge is 2.31. The summed E-state index contributed by atoms with van der Waals surface area (Å²) in [5.41, 5.74) is 0.774. The van der Waals surface area contributed by atoms with Crippen LogP contribution >= 0.6 is 11.6 Å². The molecular weight excluding hydrogens is 356 g/mol. The molecule has 142 valence electrons. The van der Waals surface area contributed by atoms with Gasteiger partial charge in [-0.2, -0.15) is 0 Å². The lowest BCUT2D eigenvalue weighted by Crippen LogP contribution is -2.44. The van der Waals surface area contributed by atoms with E-state index in [1.165, 1.54) is 6.92 Å². The van der Waals surface area contributed by atoms with Gasteiger partial charge in [0.05, 0.1) is 18.4 Å². The monoisotopic (exact) mass is 380 g/mol. The highest BCUT2D eigenvalue weighted by atomic mass is 35.5. The molecule has 1 unspecified atom stereocenters. The maximum absolute atomic E-state index is 12.5. The highest BCUT2D eigenvalue weighted by Crippen LogP contribution is 2.25. The fourth-order valence-electron chi connectivity index (χ4n) is 3.42. The van der Waals surface area contributed by atoms with E-state index >= 15 is 0 Å². The molecule has 0 radical (unpaired) electrons. The van der Waals surface area contributed by atoms with Crippen molar-refractivity contribution in [3.63, 3.8) is 0 Å². The van der Waals surface area contributed by atoms with E-state index in [0.29, 0.717) is 17.9 Å². The Kier molecular flexibility index (Phi) is 7.45. The van der Waals surface area contributed by atoms with Crippen molar-refractivity contribution >= 4 is 29.4 Å². The van der Waals surface area contributed by atoms with E-state index in [4.69, 9.17) is 11.6 Å². The molecule has 2 rings (SSSR count). The van der Waals surface area contributed by atoms with Crippen LogP contribution in [0.1, 0.15) is 57.1 Å². The van der Waals surface area contributed by atoms with Gasteiger partial charge >= 0.3 is 5.97 Å². The number of carbonyl (C=O) groups is 3. The number of halogens is 1. The van der Waals surface area contributed by atoms with Gasteiger partial charge in [0.1, 0.15) is 0 Å². The van der Waals surface area contributed by atoms with E-state index in [9.17, 15) is 19.5 Å². The molecule has 7 heteroatoms. The molecular formula is C19H25ClN2O4. The van der Waals surface area contributed by atoms with E-state index < -0.39 is 17.9 Å². The summed E-state index contributed by atoms with van der Waals surface area (Å²) in [6.07, 6.45) is 4.03. The zero-order valence-corrected chi connectivity index (χ0v) is 15.6. The van der Waals surface area contributed by atoms with Crippen LogP contribution in [0.4, 0.5) is 0 Å². The number of carboxylic acid groups (broad SMARTS) is 1.